The smallest absolute Gasteiger partial charge is 0.550 e. The van der Waals surface area contributed by atoms with E-state index in [1.54, 1.807) is 0 Å². The van der Waals surface area contributed by atoms with Gasteiger partial charge in [-0.3, -0.25) is 0 Å². The van der Waals surface area contributed by atoms with Gasteiger partial charge in [0.25, 0.3) is 0 Å². The number of aliphatic hydroxyl groups is 1. The molecule has 0 radical (unpaired) electrons. The van der Waals surface area contributed by atoms with E-state index in [2.05, 4.69) is 0 Å². The van der Waals surface area contributed by atoms with Crippen molar-refractivity contribution in [1.82, 2.24) is 0 Å². The van der Waals surface area contributed by atoms with Gasteiger partial charge >= 0.3 is 49.3 Å². The fourth-order valence-corrected chi connectivity index (χ4v) is 0.684. The molecule has 98 valence electrons. The summed E-state index contributed by atoms with van der Waals surface area (Å²) in [5.74, 6) is -5.98. The summed E-state index contributed by atoms with van der Waals surface area (Å²) in [4.78, 5) is 38.2. The Balaban J connectivity index is -0.000000165. The quantitative estimate of drug-likeness (QED) is 0.283. The van der Waals surface area contributed by atoms with E-state index < -0.39 is 41.4 Å². The monoisotopic (exact) mass is 343 g/mol. The Morgan fingerprint density at radius 3 is 1.32 bits per heavy atom. The average Bonchev–Trinajstić information content (AvgIpc) is 1.98. The Morgan fingerprint density at radius 1 is 1.00 bits per heavy atom. The van der Waals surface area contributed by atoms with Crippen molar-refractivity contribution in [1.29, 1.82) is 0 Å². The number of carboxylic acids is 3. The maximum atomic E-state index is 10.1. The molecule has 0 saturated carbocycles. The van der Waals surface area contributed by atoms with Crippen LogP contribution in [0.3, 0.4) is 0 Å². The number of aliphatic carboxylic acids is 3. The maximum Gasteiger partial charge on any atom is 3.00 e. The van der Waals surface area contributed by atoms with E-state index in [1.165, 1.54) is 0 Å². The number of hydrogen-bond donors (Lipinski definition) is 1. The molecule has 13 heteroatoms. The van der Waals surface area contributed by atoms with Crippen LogP contribution < -0.4 is 44.9 Å². The SMILES string of the molecule is O=C([O-])CC(O)(CC(=O)[O-])C(=O)[O-].O=[N+]([O-])[O-].[Ga+3].[Na+]. The first kappa shape index (κ1) is 26.7. The first-order chi connectivity index (χ1) is 7.51. The summed E-state index contributed by atoms with van der Waals surface area (Å²) < 4.78 is 0. The van der Waals surface area contributed by atoms with Gasteiger partial charge < -0.3 is 50.1 Å². The minimum absolute atomic E-state index is 0. The Kier molecular flexibility index (Phi) is 17.2. The number of rotatable bonds is 5. The van der Waals surface area contributed by atoms with Gasteiger partial charge in [-0.05, 0) is 0 Å². The third-order valence-corrected chi connectivity index (χ3v) is 1.25. The second kappa shape index (κ2) is 12.3. The Labute approximate surface area is 140 Å². The van der Waals surface area contributed by atoms with Gasteiger partial charge in [0.2, 0.25) is 0 Å². The van der Waals surface area contributed by atoms with Crippen LogP contribution in [0, 0.1) is 15.3 Å². The summed E-state index contributed by atoms with van der Waals surface area (Å²) in [7, 11) is 0. The van der Waals surface area contributed by atoms with Crippen molar-refractivity contribution in [3.05, 3.63) is 15.3 Å². The molecule has 0 unspecified atom stereocenters. The zero-order chi connectivity index (χ0) is 14.2. The van der Waals surface area contributed by atoms with Crippen LogP contribution in [0.4, 0.5) is 0 Å². The molecule has 0 heterocycles. The molecule has 0 atom stereocenters. The molecule has 0 aliphatic rings. The van der Waals surface area contributed by atoms with E-state index in [0.29, 0.717) is 0 Å². The van der Waals surface area contributed by atoms with Crippen LogP contribution in [0.25, 0.3) is 0 Å². The molecular formula is C6H5GaNNaO10. The second-order valence-corrected chi connectivity index (χ2v) is 2.64. The third kappa shape index (κ3) is 17.2. The number of carboxylic acid groups (broad SMARTS) is 3. The van der Waals surface area contributed by atoms with Gasteiger partial charge in [-0.1, -0.05) is 0 Å². The molecule has 0 aromatic carbocycles. The zero-order valence-electron chi connectivity index (χ0n) is 9.56. The molecule has 0 aromatic rings. The molecule has 0 saturated heterocycles. The van der Waals surface area contributed by atoms with Crippen molar-refractivity contribution in [2.45, 2.75) is 18.4 Å². The molecule has 11 nitrogen and oxygen atoms in total. The number of carbonyl (C=O) groups is 3. The molecule has 0 aliphatic carbocycles. The molecular weight excluding hydrogens is 339 g/mol. The topological polar surface area (TPSA) is 207 Å². The van der Waals surface area contributed by atoms with Gasteiger partial charge in [-0.2, -0.15) is 0 Å². The van der Waals surface area contributed by atoms with Crippen molar-refractivity contribution >= 4 is 37.7 Å². The Hall–Kier alpha value is -0.794. The van der Waals surface area contributed by atoms with E-state index in [9.17, 15) is 29.7 Å². The van der Waals surface area contributed by atoms with Gasteiger partial charge in [0.15, 0.2) is 0 Å². The van der Waals surface area contributed by atoms with Crippen molar-refractivity contribution in [3.8, 4) is 0 Å². The minimum Gasteiger partial charge on any atom is -0.550 e. The van der Waals surface area contributed by atoms with Crippen LogP contribution in [0.15, 0.2) is 0 Å². The molecule has 0 amide bonds. The third-order valence-electron chi connectivity index (χ3n) is 1.25. The summed E-state index contributed by atoms with van der Waals surface area (Å²) >= 11 is 0. The Bertz CT molecular complexity index is 314. The number of carbonyl (C=O) groups excluding carboxylic acids is 3. The largest absolute Gasteiger partial charge is 3.00 e. The number of hydrogen-bond acceptors (Lipinski definition) is 10. The summed E-state index contributed by atoms with van der Waals surface area (Å²) in [6.45, 7) is 0. The van der Waals surface area contributed by atoms with Gasteiger partial charge in [0.1, 0.15) is 5.60 Å². The predicted octanol–water partition coefficient (Wildman–Crippen LogP) is -8.87. The first-order valence-corrected chi connectivity index (χ1v) is 3.66. The van der Waals surface area contributed by atoms with E-state index >= 15 is 0 Å². The molecule has 0 fully saturated rings. The van der Waals surface area contributed by atoms with Crippen molar-refractivity contribution in [2.24, 2.45) is 0 Å². The van der Waals surface area contributed by atoms with Crippen LogP contribution in [0.5, 0.6) is 0 Å². The molecule has 1 N–H and O–H groups in total. The van der Waals surface area contributed by atoms with Gasteiger partial charge in [-0.25, -0.2) is 0 Å². The van der Waals surface area contributed by atoms with E-state index in [-0.39, 0.29) is 49.3 Å². The standard InChI is InChI=1S/C6H8O7.Ga.NO3.Na/c7-3(8)1-6(13,5(11)12)2-4(9)10;;2-1(3)4;/h13H,1-2H2,(H,7,8)(H,9,10)(H,11,12);;;/q;+3;-1;+1/p-3. The van der Waals surface area contributed by atoms with Crippen molar-refractivity contribution in [3.63, 3.8) is 0 Å². The van der Waals surface area contributed by atoms with E-state index in [4.69, 9.17) is 20.4 Å². The molecule has 19 heavy (non-hydrogen) atoms. The van der Waals surface area contributed by atoms with Crippen LogP contribution in [-0.2, 0) is 14.4 Å². The fourth-order valence-electron chi connectivity index (χ4n) is 0.684. The van der Waals surface area contributed by atoms with Crippen LogP contribution in [0.1, 0.15) is 12.8 Å². The molecule has 0 aliphatic heterocycles. The van der Waals surface area contributed by atoms with Crippen LogP contribution in [0.2, 0.25) is 0 Å². The second-order valence-electron chi connectivity index (χ2n) is 2.64. The summed E-state index contributed by atoms with van der Waals surface area (Å²) in [6.07, 6.45) is -2.72. The molecule has 0 spiro atoms. The van der Waals surface area contributed by atoms with Crippen molar-refractivity contribution < 1.29 is 69.5 Å². The Morgan fingerprint density at radius 2 is 1.21 bits per heavy atom. The fraction of sp³-hybridized carbons (Fsp3) is 0.500. The van der Waals surface area contributed by atoms with Gasteiger partial charge in [0.05, 0.1) is 11.1 Å². The zero-order valence-corrected chi connectivity index (χ0v) is 14.0. The van der Waals surface area contributed by atoms with Crippen LogP contribution >= 0.6 is 0 Å². The minimum atomic E-state index is -2.97. The number of nitrogens with zero attached hydrogens (tertiary/aromatic N) is 1. The van der Waals surface area contributed by atoms with E-state index in [1.807, 2.05) is 0 Å². The van der Waals surface area contributed by atoms with E-state index in [0.717, 1.165) is 0 Å². The maximum absolute atomic E-state index is 10.1. The average molecular weight is 344 g/mol. The predicted molar refractivity (Wildman–Crippen MR) is 45.3 cm³/mol. The van der Waals surface area contributed by atoms with Crippen molar-refractivity contribution in [2.75, 3.05) is 0 Å². The van der Waals surface area contributed by atoms with Gasteiger partial charge in [0, 0.05) is 24.8 Å². The normalized spacial score (nSPS) is 8.68. The van der Waals surface area contributed by atoms with Gasteiger partial charge in [-0.15, -0.1) is 0 Å². The molecule has 0 aromatic heterocycles. The summed E-state index contributed by atoms with van der Waals surface area (Å²) in [5.41, 5.74) is -2.97. The summed E-state index contributed by atoms with van der Waals surface area (Å²) in [5, 5.41) is 53.7. The molecule has 0 rings (SSSR count). The first-order valence-electron chi connectivity index (χ1n) is 3.66. The summed E-state index contributed by atoms with van der Waals surface area (Å²) in [6, 6.07) is 0. The molecule has 0 bridgehead atoms. The van der Waals surface area contributed by atoms with Crippen LogP contribution in [-0.4, -0.2) is 53.5 Å².